The molecule has 0 radical (unpaired) electrons. The molecular weight excluding hydrogens is 454 g/mol. The number of benzene rings is 2. The van der Waals surface area contributed by atoms with Crippen LogP contribution < -0.4 is 10.6 Å². The average Bonchev–Trinajstić information content (AvgIpc) is 2.68. The van der Waals surface area contributed by atoms with Crippen molar-refractivity contribution < 1.29 is 9.59 Å². The molecule has 0 bridgehead atoms. The predicted molar refractivity (Wildman–Crippen MR) is 122 cm³/mol. The van der Waals surface area contributed by atoms with Gasteiger partial charge in [0.1, 0.15) is 0 Å². The second-order valence-electron chi connectivity index (χ2n) is 6.17. The first kappa shape index (κ1) is 23.3. The van der Waals surface area contributed by atoms with Crippen LogP contribution in [0.4, 0.5) is 0 Å². The summed E-state index contributed by atoms with van der Waals surface area (Å²) in [6, 6.07) is 9.88. The first-order valence-corrected chi connectivity index (χ1v) is 10.1. The average molecular weight is 472 g/mol. The zero-order chi connectivity index (χ0) is 21.4. The minimum absolute atomic E-state index is 0.261. The Morgan fingerprint density at radius 1 is 0.828 bits per heavy atom. The van der Waals surface area contributed by atoms with Gasteiger partial charge in [0.2, 0.25) is 11.8 Å². The molecule has 0 aliphatic carbocycles. The number of carbonyl (C=O) groups is 2. The van der Waals surface area contributed by atoms with Gasteiger partial charge in [0.05, 0.1) is 20.1 Å². The maximum absolute atomic E-state index is 12.0. The molecule has 4 nitrogen and oxygen atoms in total. The van der Waals surface area contributed by atoms with Crippen molar-refractivity contribution in [3.05, 3.63) is 79.8 Å². The molecule has 2 N–H and O–H groups in total. The third-order valence-electron chi connectivity index (χ3n) is 3.71. The molecule has 8 heteroatoms. The van der Waals surface area contributed by atoms with Gasteiger partial charge in [0, 0.05) is 24.7 Å². The lowest BCUT2D eigenvalue weighted by atomic mass is 10.2. The van der Waals surface area contributed by atoms with Crippen molar-refractivity contribution in [1.82, 2.24) is 10.6 Å². The van der Waals surface area contributed by atoms with E-state index >= 15 is 0 Å². The molecule has 1 unspecified atom stereocenters. The van der Waals surface area contributed by atoms with Crippen LogP contribution >= 0.6 is 46.4 Å². The summed E-state index contributed by atoms with van der Waals surface area (Å²) in [5.74, 6) is -0.576. The molecule has 0 spiro atoms. The third-order valence-corrected chi connectivity index (χ3v) is 5.19. The standard InChI is InChI=1S/C21H18Cl4N2O2/c1-13(27-21(29)9-5-15-3-7-17(23)19(25)11-15)12-26-20(28)8-4-14-2-6-16(22)18(24)10-14/h2-11,13H,12H2,1H3,(H,26,28)(H,27,29)/b8-4+,9-5+. The second kappa shape index (κ2) is 11.3. The van der Waals surface area contributed by atoms with E-state index in [0.717, 1.165) is 11.1 Å². The Morgan fingerprint density at radius 3 is 1.79 bits per heavy atom. The van der Waals surface area contributed by atoms with E-state index in [1.807, 2.05) is 0 Å². The second-order valence-corrected chi connectivity index (χ2v) is 7.80. The molecule has 0 fully saturated rings. The van der Waals surface area contributed by atoms with Crippen LogP contribution in [-0.2, 0) is 9.59 Å². The number of carbonyl (C=O) groups excluding carboxylic acids is 2. The molecule has 2 rings (SSSR count). The predicted octanol–water partition coefficient (Wildman–Crippen LogP) is 5.65. The fourth-order valence-electron chi connectivity index (χ4n) is 2.23. The van der Waals surface area contributed by atoms with Crippen LogP contribution in [0.2, 0.25) is 20.1 Å². The van der Waals surface area contributed by atoms with E-state index < -0.39 is 0 Å². The molecule has 0 heterocycles. The van der Waals surface area contributed by atoms with Crippen molar-refractivity contribution in [2.24, 2.45) is 0 Å². The Hall–Kier alpha value is -1.98. The van der Waals surface area contributed by atoms with Crippen LogP contribution in [0, 0.1) is 0 Å². The zero-order valence-electron chi connectivity index (χ0n) is 15.4. The lowest BCUT2D eigenvalue weighted by Gasteiger charge is -2.12. The molecule has 2 aromatic rings. The Balaban J connectivity index is 1.78. The number of nitrogens with one attached hydrogen (secondary N) is 2. The summed E-state index contributed by atoms with van der Waals surface area (Å²) < 4.78 is 0. The quantitative estimate of drug-likeness (QED) is 0.512. The van der Waals surface area contributed by atoms with E-state index in [4.69, 9.17) is 46.4 Å². The van der Waals surface area contributed by atoms with Crippen molar-refractivity contribution >= 4 is 70.4 Å². The summed E-state index contributed by atoms with van der Waals surface area (Å²) in [5, 5.41) is 7.21. The fourth-order valence-corrected chi connectivity index (χ4v) is 2.84. The van der Waals surface area contributed by atoms with E-state index in [0.29, 0.717) is 20.1 Å². The van der Waals surface area contributed by atoms with E-state index in [1.165, 1.54) is 12.2 Å². The summed E-state index contributed by atoms with van der Waals surface area (Å²) in [7, 11) is 0. The van der Waals surface area contributed by atoms with Gasteiger partial charge in [-0.05, 0) is 54.5 Å². The van der Waals surface area contributed by atoms with Crippen LogP contribution in [0.25, 0.3) is 12.2 Å². The Kier molecular flexibility index (Phi) is 9.05. The molecule has 1 atom stereocenters. The Morgan fingerprint density at radius 2 is 1.31 bits per heavy atom. The van der Waals surface area contributed by atoms with Crippen LogP contribution in [0.1, 0.15) is 18.1 Å². The minimum Gasteiger partial charge on any atom is -0.351 e. The van der Waals surface area contributed by atoms with E-state index in [-0.39, 0.29) is 24.4 Å². The first-order chi connectivity index (χ1) is 13.7. The highest BCUT2D eigenvalue weighted by Gasteiger charge is 2.06. The number of halogens is 4. The summed E-state index contributed by atoms with van der Waals surface area (Å²) in [6.45, 7) is 2.06. The van der Waals surface area contributed by atoms with Gasteiger partial charge in [-0.2, -0.15) is 0 Å². The lowest BCUT2D eigenvalue weighted by molar-refractivity contribution is -0.118. The van der Waals surface area contributed by atoms with Crippen LogP contribution in [0.15, 0.2) is 48.6 Å². The van der Waals surface area contributed by atoms with Gasteiger partial charge in [-0.25, -0.2) is 0 Å². The summed E-state index contributed by atoms with van der Waals surface area (Å²) in [4.78, 5) is 23.9. The van der Waals surface area contributed by atoms with Gasteiger partial charge in [-0.3, -0.25) is 9.59 Å². The van der Waals surface area contributed by atoms with Crippen molar-refractivity contribution in [3.8, 4) is 0 Å². The van der Waals surface area contributed by atoms with Crippen LogP contribution in [-0.4, -0.2) is 24.4 Å². The summed E-state index contributed by atoms with van der Waals surface area (Å²) >= 11 is 23.6. The van der Waals surface area contributed by atoms with Gasteiger partial charge in [-0.1, -0.05) is 58.5 Å². The molecule has 0 aliphatic rings. The smallest absolute Gasteiger partial charge is 0.244 e. The maximum Gasteiger partial charge on any atom is 0.244 e. The van der Waals surface area contributed by atoms with Crippen LogP contribution in [0.3, 0.4) is 0 Å². The molecule has 2 amide bonds. The van der Waals surface area contributed by atoms with Crippen molar-refractivity contribution in [1.29, 1.82) is 0 Å². The van der Waals surface area contributed by atoms with Crippen molar-refractivity contribution in [2.45, 2.75) is 13.0 Å². The fraction of sp³-hybridized carbons (Fsp3) is 0.143. The number of hydrogen-bond donors (Lipinski definition) is 2. The van der Waals surface area contributed by atoms with Gasteiger partial charge in [0.15, 0.2) is 0 Å². The molecule has 0 saturated carbocycles. The largest absolute Gasteiger partial charge is 0.351 e. The van der Waals surface area contributed by atoms with E-state index in [9.17, 15) is 9.59 Å². The highest BCUT2D eigenvalue weighted by Crippen LogP contribution is 2.23. The molecule has 0 saturated heterocycles. The van der Waals surface area contributed by atoms with Gasteiger partial charge >= 0.3 is 0 Å². The van der Waals surface area contributed by atoms with Gasteiger partial charge in [-0.15, -0.1) is 0 Å². The molecule has 0 aliphatic heterocycles. The molecular formula is C21H18Cl4N2O2. The summed E-state index contributed by atoms with van der Waals surface area (Å²) in [6.07, 6.45) is 6.03. The van der Waals surface area contributed by atoms with Crippen molar-refractivity contribution in [2.75, 3.05) is 6.54 Å². The molecule has 152 valence electrons. The first-order valence-electron chi connectivity index (χ1n) is 8.59. The number of hydrogen-bond acceptors (Lipinski definition) is 2. The Bertz CT molecular complexity index is 958. The highest BCUT2D eigenvalue weighted by atomic mass is 35.5. The highest BCUT2D eigenvalue weighted by molar-refractivity contribution is 6.42. The summed E-state index contributed by atoms with van der Waals surface area (Å²) in [5.41, 5.74) is 1.51. The SMILES string of the molecule is CC(CNC(=O)/C=C/c1ccc(Cl)c(Cl)c1)NC(=O)/C=C/c1ccc(Cl)c(Cl)c1. The molecule has 0 aromatic heterocycles. The van der Waals surface area contributed by atoms with Crippen molar-refractivity contribution in [3.63, 3.8) is 0 Å². The molecule has 29 heavy (non-hydrogen) atoms. The number of amides is 2. The monoisotopic (exact) mass is 470 g/mol. The van der Waals surface area contributed by atoms with Gasteiger partial charge in [0.25, 0.3) is 0 Å². The zero-order valence-corrected chi connectivity index (χ0v) is 18.4. The van der Waals surface area contributed by atoms with Crippen LogP contribution in [0.5, 0.6) is 0 Å². The van der Waals surface area contributed by atoms with Gasteiger partial charge < -0.3 is 10.6 Å². The third kappa shape index (κ3) is 8.11. The van der Waals surface area contributed by atoms with E-state index in [2.05, 4.69) is 10.6 Å². The maximum atomic E-state index is 12.0. The lowest BCUT2D eigenvalue weighted by Crippen LogP contribution is -2.40. The minimum atomic E-state index is -0.288. The Labute approximate surface area is 189 Å². The number of rotatable bonds is 7. The topological polar surface area (TPSA) is 58.2 Å². The normalized spacial score (nSPS) is 12.3. The molecule has 2 aromatic carbocycles. The van der Waals surface area contributed by atoms with E-state index in [1.54, 1.807) is 55.5 Å².